The molecule has 0 heterocycles. The van der Waals surface area contributed by atoms with Crippen molar-refractivity contribution >= 4 is 35.1 Å². The number of ether oxygens (including phenoxy) is 4. The van der Waals surface area contributed by atoms with Gasteiger partial charge in [-0.15, -0.1) is 0 Å². The molecule has 1 amide bonds. The molecule has 0 unspecified atom stereocenters. The van der Waals surface area contributed by atoms with E-state index < -0.39 is 18.5 Å². The molecule has 0 bridgehead atoms. The van der Waals surface area contributed by atoms with Crippen molar-refractivity contribution in [2.24, 2.45) is 0 Å². The van der Waals surface area contributed by atoms with E-state index in [-0.39, 0.29) is 48.9 Å². The lowest BCUT2D eigenvalue weighted by atomic mass is 10.1. The number of methoxy groups -OCH3 is 2. The van der Waals surface area contributed by atoms with Crippen LogP contribution in [0.1, 0.15) is 50.3 Å². The molecule has 0 aliphatic rings. The molecule has 3 aromatic rings. The molecule has 0 aromatic heterocycles. The lowest BCUT2D eigenvalue weighted by Crippen LogP contribution is -2.16. The number of rotatable bonds is 14. The molecule has 10 heteroatoms. The second-order valence-electron chi connectivity index (χ2n) is 8.52. The Bertz CT molecular complexity index is 1330. The van der Waals surface area contributed by atoms with Crippen molar-refractivity contribution in [3.05, 3.63) is 89.5 Å². The van der Waals surface area contributed by atoms with Crippen LogP contribution in [0.2, 0.25) is 0 Å². The van der Waals surface area contributed by atoms with Crippen LogP contribution >= 0.6 is 0 Å². The zero-order chi connectivity index (χ0) is 28.9. The van der Waals surface area contributed by atoms with Gasteiger partial charge in [-0.3, -0.25) is 19.2 Å². The monoisotopic (exact) mass is 547 g/mol. The lowest BCUT2D eigenvalue weighted by molar-refractivity contribution is -0.142. The van der Waals surface area contributed by atoms with Gasteiger partial charge >= 0.3 is 11.9 Å². The highest BCUT2D eigenvalue weighted by Crippen LogP contribution is 2.15. The molecule has 0 radical (unpaired) electrons. The second kappa shape index (κ2) is 14.8. The molecule has 0 atom stereocenters. The fraction of sp³-hybridized carbons (Fsp3) is 0.233. The molecule has 0 fully saturated rings. The van der Waals surface area contributed by atoms with E-state index in [9.17, 15) is 24.0 Å². The summed E-state index contributed by atoms with van der Waals surface area (Å²) in [6.07, 6.45) is 0.260. The highest BCUT2D eigenvalue weighted by Gasteiger charge is 2.14. The molecule has 1 N–H and O–H groups in total. The van der Waals surface area contributed by atoms with Gasteiger partial charge in [-0.2, -0.15) is 0 Å². The third-order valence-corrected chi connectivity index (χ3v) is 5.71. The van der Waals surface area contributed by atoms with Gasteiger partial charge in [-0.05, 0) is 79.2 Å². The summed E-state index contributed by atoms with van der Waals surface area (Å²) >= 11 is 0. The predicted octanol–water partition coefficient (Wildman–Crippen LogP) is 4.28. The van der Waals surface area contributed by atoms with Crippen LogP contribution in [0.25, 0.3) is 0 Å². The smallest absolute Gasteiger partial charge is 0.338 e. The summed E-state index contributed by atoms with van der Waals surface area (Å²) in [5.74, 6) is -1.07. The third-order valence-electron chi connectivity index (χ3n) is 5.71. The number of hydrogen-bond acceptors (Lipinski definition) is 9. The van der Waals surface area contributed by atoms with Crippen molar-refractivity contribution in [2.45, 2.75) is 19.3 Å². The van der Waals surface area contributed by atoms with Crippen molar-refractivity contribution in [3.63, 3.8) is 0 Å². The van der Waals surface area contributed by atoms with Gasteiger partial charge in [0.1, 0.15) is 11.5 Å². The van der Waals surface area contributed by atoms with E-state index in [1.807, 2.05) is 0 Å². The summed E-state index contributed by atoms with van der Waals surface area (Å²) < 4.78 is 20.2. The summed E-state index contributed by atoms with van der Waals surface area (Å²) in [4.78, 5) is 60.7. The van der Waals surface area contributed by atoms with Gasteiger partial charge in [0.05, 0.1) is 19.8 Å². The summed E-state index contributed by atoms with van der Waals surface area (Å²) in [5, 5.41) is 2.67. The fourth-order valence-electron chi connectivity index (χ4n) is 3.46. The van der Waals surface area contributed by atoms with Crippen LogP contribution < -0.4 is 14.8 Å². The van der Waals surface area contributed by atoms with Crippen molar-refractivity contribution in [1.82, 2.24) is 0 Å². The van der Waals surface area contributed by atoms with Gasteiger partial charge in [0.25, 0.3) is 0 Å². The Morgan fingerprint density at radius 3 is 1.57 bits per heavy atom. The molecule has 0 aliphatic carbocycles. The highest BCUT2D eigenvalue weighted by molar-refractivity contribution is 6.00. The first-order chi connectivity index (χ1) is 19.3. The summed E-state index contributed by atoms with van der Waals surface area (Å²) in [5.41, 5.74) is 1.45. The van der Waals surface area contributed by atoms with Gasteiger partial charge in [0, 0.05) is 29.7 Å². The minimum Gasteiger partial charge on any atom is -0.497 e. The maximum atomic E-state index is 12.3. The Kier molecular flexibility index (Phi) is 11.0. The molecular weight excluding hydrogens is 518 g/mol. The summed E-state index contributed by atoms with van der Waals surface area (Å²) in [6.45, 7) is -0.802. The number of nitrogens with one attached hydrogen (secondary N) is 1. The average Bonchev–Trinajstić information content (AvgIpc) is 2.98. The zero-order valence-corrected chi connectivity index (χ0v) is 22.1. The maximum absolute atomic E-state index is 12.3. The van der Waals surface area contributed by atoms with Crippen LogP contribution in [0.3, 0.4) is 0 Å². The second-order valence-corrected chi connectivity index (χ2v) is 8.52. The first-order valence-corrected chi connectivity index (χ1v) is 12.4. The lowest BCUT2D eigenvalue weighted by Gasteiger charge is -2.08. The topological polar surface area (TPSA) is 134 Å². The molecule has 0 saturated carbocycles. The Morgan fingerprint density at radius 1 is 0.600 bits per heavy atom. The quantitative estimate of drug-likeness (QED) is 0.232. The number of Topliss-reactive ketones (excluding diaryl/α,β-unsaturated/α-hetero) is 2. The molecule has 208 valence electrons. The van der Waals surface area contributed by atoms with E-state index in [0.717, 1.165) is 0 Å². The fourth-order valence-corrected chi connectivity index (χ4v) is 3.46. The van der Waals surface area contributed by atoms with Crippen LogP contribution in [0.4, 0.5) is 5.69 Å². The van der Waals surface area contributed by atoms with Gasteiger partial charge in [-0.25, -0.2) is 4.79 Å². The molecule has 0 saturated heterocycles. The minimum atomic E-state index is -0.677. The Balaban J connectivity index is 1.34. The van der Waals surface area contributed by atoms with E-state index >= 15 is 0 Å². The Labute approximate surface area is 231 Å². The predicted molar refractivity (Wildman–Crippen MR) is 145 cm³/mol. The first-order valence-electron chi connectivity index (χ1n) is 12.4. The standard InChI is InChI=1S/C30H29NO9/c1-37-24-14-8-20(9-15-24)26(32)18-39-29(35)5-3-4-28(34)31-23-12-6-22(7-13-23)30(36)40-19-27(33)21-10-16-25(38-2)17-11-21/h6-17H,3-5,18-19H2,1-2H3,(H,31,34). The zero-order valence-electron chi connectivity index (χ0n) is 22.1. The van der Waals surface area contributed by atoms with Crippen LogP contribution in [-0.4, -0.2) is 56.8 Å². The Morgan fingerprint density at radius 2 is 1.07 bits per heavy atom. The normalized spacial score (nSPS) is 10.2. The number of ketones is 2. The van der Waals surface area contributed by atoms with E-state index in [2.05, 4.69) is 5.32 Å². The average molecular weight is 548 g/mol. The van der Waals surface area contributed by atoms with Crippen LogP contribution in [0.15, 0.2) is 72.8 Å². The van der Waals surface area contributed by atoms with Gasteiger partial charge < -0.3 is 24.3 Å². The van der Waals surface area contributed by atoms with E-state index in [1.165, 1.54) is 38.5 Å². The van der Waals surface area contributed by atoms with Crippen LogP contribution in [0, 0.1) is 0 Å². The number of anilines is 1. The number of hydrogen-bond donors (Lipinski definition) is 1. The molecule has 40 heavy (non-hydrogen) atoms. The molecule has 0 spiro atoms. The van der Waals surface area contributed by atoms with Gasteiger partial charge in [0.2, 0.25) is 5.91 Å². The Hall–Kier alpha value is -4.99. The van der Waals surface area contributed by atoms with Gasteiger partial charge in [0.15, 0.2) is 24.8 Å². The number of carbonyl (C=O) groups excluding carboxylic acids is 5. The van der Waals surface area contributed by atoms with E-state index in [1.54, 1.807) is 48.5 Å². The number of esters is 2. The summed E-state index contributed by atoms with van der Waals surface area (Å²) in [7, 11) is 3.04. The van der Waals surface area contributed by atoms with Gasteiger partial charge in [-0.1, -0.05) is 0 Å². The number of amides is 1. The summed E-state index contributed by atoms with van der Waals surface area (Å²) in [6, 6.07) is 18.9. The van der Waals surface area contributed by atoms with Crippen molar-refractivity contribution in [1.29, 1.82) is 0 Å². The maximum Gasteiger partial charge on any atom is 0.338 e. The van der Waals surface area contributed by atoms with E-state index in [0.29, 0.717) is 28.3 Å². The number of benzene rings is 3. The highest BCUT2D eigenvalue weighted by atomic mass is 16.5. The SMILES string of the molecule is COc1ccc(C(=O)COC(=O)CCCC(=O)Nc2ccc(C(=O)OCC(=O)c3ccc(OC)cc3)cc2)cc1. The largest absolute Gasteiger partial charge is 0.497 e. The molecule has 3 aromatic carbocycles. The molecule has 0 aliphatic heterocycles. The third kappa shape index (κ3) is 9.09. The molecular formula is C30H29NO9. The van der Waals surface area contributed by atoms with E-state index in [4.69, 9.17) is 18.9 Å². The molecule has 3 rings (SSSR count). The van der Waals surface area contributed by atoms with Crippen LogP contribution in [-0.2, 0) is 19.1 Å². The van der Waals surface area contributed by atoms with Crippen molar-refractivity contribution in [2.75, 3.05) is 32.8 Å². The van der Waals surface area contributed by atoms with Crippen LogP contribution in [0.5, 0.6) is 11.5 Å². The minimum absolute atomic E-state index is 0.0245. The number of carbonyl (C=O) groups is 5. The molecule has 10 nitrogen and oxygen atoms in total. The van der Waals surface area contributed by atoms with Crippen molar-refractivity contribution < 1.29 is 42.9 Å². The first kappa shape index (κ1) is 29.6. The van der Waals surface area contributed by atoms with Crippen molar-refractivity contribution in [3.8, 4) is 11.5 Å².